The third-order valence-corrected chi connectivity index (χ3v) is 8.96. The largest absolute Gasteiger partial charge is 0.374 e. The van der Waals surface area contributed by atoms with Crippen LogP contribution in [0, 0.1) is 5.92 Å². The molecule has 2 atom stereocenters. The van der Waals surface area contributed by atoms with Gasteiger partial charge in [0.05, 0.1) is 22.5 Å². The van der Waals surface area contributed by atoms with Crippen LogP contribution in [0.1, 0.15) is 29.9 Å². The Bertz CT molecular complexity index is 1270. The van der Waals surface area contributed by atoms with E-state index in [1.807, 2.05) is 44.2 Å². The van der Waals surface area contributed by atoms with Gasteiger partial charge < -0.3 is 15.4 Å². The van der Waals surface area contributed by atoms with E-state index in [1.165, 1.54) is 15.6 Å². The second-order valence-corrected chi connectivity index (χ2v) is 12.2. The van der Waals surface area contributed by atoms with Gasteiger partial charge in [-0.25, -0.2) is 8.42 Å². The van der Waals surface area contributed by atoms with Crippen LogP contribution in [0.3, 0.4) is 0 Å². The number of carbonyl (C=O) groups excluding carboxylic acids is 2. The van der Waals surface area contributed by atoms with E-state index >= 15 is 0 Å². The first-order valence-corrected chi connectivity index (χ1v) is 14.2. The van der Waals surface area contributed by atoms with Gasteiger partial charge in [-0.3, -0.25) is 9.59 Å². The molecular weight excluding hydrogens is 498 g/mol. The Morgan fingerprint density at radius 2 is 1.83 bits per heavy atom. The van der Waals surface area contributed by atoms with E-state index in [4.69, 9.17) is 4.74 Å². The van der Waals surface area contributed by atoms with Gasteiger partial charge >= 0.3 is 0 Å². The first kappa shape index (κ1) is 26.3. The van der Waals surface area contributed by atoms with E-state index in [0.29, 0.717) is 11.3 Å². The maximum Gasteiger partial charge on any atom is 0.262 e. The SMILES string of the molecule is CC(C)C[C@@H](NC(=O)c1cc2ccccc2s1)C(=O)NCC1CN(S(=O)(=O)c2ccccc2)CCO1. The number of thiophene rings is 1. The van der Waals surface area contributed by atoms with Crippen LogP contribution in [-0.4, -0.2) is 62.9 Å². The molecule has 3 aromatic rings. The number of nitrogens with one attached hydrogen (secondary N) is 2. The Labute approximate surface area is 215 Å². The number of nitrogens with zero attached hydrogens (tertiary/aromatic N) is 1. The van der Waals surface area contributed by atoms with Crippen molar-refractivity contribution < 1.29 is 22.7 Å². The molecule has 1 unspecified atom stereocenters. The molecule has 0 saturated carbocycles. The third-order valence-electron chi connectivity index (χ3n) is 5.96. The average Bonchev–Trinajstić information content (AvgIpc) is 3.32. The molecule has 1 aliphatic heterocycles. The van der Waals surface area contributed by atoms with Gasteiger partial charge in [0.25, 0.3) is 5.91 Å². The maximum absolute atomic E-state index is 13.1. The molecule has 2 amide bonds. The molecule has 8 nitrogen and oxygen atoms in total. The predicted molar refractivity (Wildman–Crippen MR) is 140 cm³/mol. The quantitative estimate of drug-likeness (QED) is 0.443. The zero-order valence-electron chi connectivity index (χ0n) is 20.3. The van der Waals surface area contributed by atoms with Gasteiger partial charge in [-0.05, 0) is 42.0 Å². The summed E-state index contributed by atoms with van der Waals surface area (Å²) < 4.78 is 34.0. The minimum absolute atomic E-state index is 0.139. The van der Waals surface area contributed by atoms with Gasteiger partial charge in [-0.15, -0.1) is 11.3 Å². The Hall–Kier alpha value is -2.79. The fraction of sp³-hybridized carbons (Fsp3) is 0.385. The van der Waals surface area contributed by atoms with Crippen molar-refractivity contribution in [3.63, 3.8) is 0 Å². The lowest BCUT2D eigenvalue weighted by atomic mass is 10.0. The first-order chi connectivity index (χ1) is 17.2. The van der Waals surface area contributed by atoms with Crippen LogP contribution < -0.4 is 10.6 Å². The highest BCUT2D eigenvalue weighted by molar-refractivity contribution is 7.89. The summed E-state index contributed by atoms with van der Waals surface area (Å²) in [7, 11) is -3.64. The second-order valence-electron chi connectivity index (χ2n) is 9.22. The summed E-state index contributed by atoms with van der Waals surface area (Å²) in [5, 5.41) is 6.72. The molecule has 0 bridgehead atoms. The third kappa shape index (κ3) is 6.31. The molecule has 0 radical (unpaired) electrons. The highest BCUT2D eigenvalue weighted by atomic mass is 32.2. The molecular formula is C26H31N3O5S2. The summed E-state index contributed by atoms with van der Waals surface area (Å²) in [6, 6.07) is 17.2. The fourth-order valence-electron chi connectivity index (χ4n) is 4.14. The minimum atomic E-state index is -3.64. The van der Waals surface area contributed by atoms with Crippen molar-refractivity contribution >= 4 is 43.3 Å². The Morgan fingerprint density at radius 3 is 2.56 bits per heavy atom. The summed E-state index contributed by atoms with van der Waals surface area (Å²) in [4.78, 5) is 26.8. The van der Waals surface area contributed by atoms with Crippen LogP contribution in [0.4, 0.5) is 0 Å². The number of fused-ring (bicyclic) bond motifs is 1. The van der Waals surface area contributed by atoms with Crippen molar-refractivity contribution in [1.82, 2.24) is 14.9 Å². The Morgan fingerprint density at radius 1 is 1.11 bits per heavy atom. The molecule has 192 valence electrons. The monoisotopic (exact) mass is 529 g/mol. The van der Waals surface area contributed by atoms with Crippen molar-refractivity contribution in [2.24, 2.45) is 5.92 Å². The second kappa shape index (κ2) is 11.5. The summed E-state index contributed by atoms with van der Waals surface area (Å²) in [6.07, 6.45) is -0.0122. The van der Waals surface area contributed by atoms with Crippen molar-refractivity contribution in [2.45, 2.75) is 37.3 Å². The molecule has 0 spiro atoms. The molecule has 1 saturated heterocycles. The normalized spacial score (nSPS) is 17.7. The van der Waals surface area contributed by atoms with Gasteiger partial charge in [0.2, 0.25) is 15.9 Å². The molecule has 10 heteroatoms. The number of rotatable bonds is 9. The molecule has 4 rings (SSSR count). The number of benzene rings is 2. The molecule has 2 aromatic carbocycles. The number of sulfonamides is 1. The number of ether oxygens (including phenoxy) is 1. The topological polar surface area (TPSA) is 105 Å². The lowest BCUT2D eigenvalue weighted by Crippen LogP contribution is -2.52. The van der Waals surface area contributed by atoms with E-state index in [9.17, 15) is 18.0 Å². The number of carbonyl (C=O) groups is 2. The van der Waals surface area contributed by atoms with Crippen LogP contribution >= 0.6 is 11.3 Å². The molecule has 36 heavy (non-hydrogen) atoms. The highest BCUT2D eigenvalue weighted by Gasteiger charge is 2.31. The summed E-state index contributed by atoms with van der Waals surface area (Å²) in [5.41, 5.74) is 0. The number of hydrogen-bond donors (Lipinski definition) is 2. The molecule has 1 fully saturated rings. The van der Waals surface area contributed by atoms with Gasteiger partial charge in [0.1, 0.15) is 6.04 Å². The van der Waals surface area contributed by atoms with E-state index in [0.717, 1.165) is 10.1 Å². The number of morpholine rings is 1. The fourth-order valence-corrected chi connectivity index (χ4v) is 6.58. The van der Waals surface area contributed by atoms with Crippen molar-refractivity contribution in [3.8, 4) is 0 Å². The standard InChI is InChI=1S/C26H31N3O5S2/c1-18(2)14-22(28-26(31)24-15-19-8-6-7-11-23(19)35-24)25(30)27-16-20-17-29(12-13-34-20)36(32,33)21-9-4-3-5-10-21/h3-11,15,18,20,22H,12-14,16-17H2,1-2H3,(H,27,30)(H,28,31)/t20?,22-/m1/s1. The number of hydrogen-bond acceptors (Lipinski definition) is 6. The van der Waals surface area contributed by atoms with Crippen molar-refractivity contribution in [1.29, 1.82) is 0 Å². The smallest absolute Gasteiger partial charge is 0.262 e. The van der Waals surface area contributed by atoms with Gasteiger partial charge in [-0.1, -0.05) is 50.2 Å². The minimum Gasteiger partial charge on any atom is -0.374 e. The van der Waals surface area contributed by atoms with Crippen molar-refractivity contribution in [3.05, 3.63) is 65.5 Å². The number of amides is 2. The van der Waals surface area contributed by atoms with Gasteiger partial charge in [0, 0.05) is 24.3 Å². The summed E-state index contributed by atoms with van der Waals surface area (Å²) >= 11 is 1.39. The average molecular weight is 530 g/mol. The van der Waals surface area contributed by atoms with E-state index < -0.39 is 22.2 Å². The van der Waals surface area contributed by atoms with Crippen LogP contribution in [-0.2, 0) is 19.6 Å². The zero-order valence-corrected chi connectivity index (χ0v) is 22.0. The molecule has 2 N–H and O–H groups in total. The molecule has 1 aromatic heterocycles. The van der Waals surface area contributed by atoms with Crippen LogP contribution in [0.15, 0.2) is 65.6 Å². The van der Waals surface area contributed by atoms with Crippen LogP contribution in [0.25, 0.3) is 10.1 Å². The van der Waals surface area contributed by atoms with Gasteiger partial charge in [-0.2, -0.15) is 4.31 Å². The lowest BCUT2D eigenvalue weighted by molar-refractivity contribution is -0.124. The van der Waals surface area contributed by atoms with Gasteiger partial charge in [0.15, 0.2) is 0 Å². The zero-order chi connectivity index (χ0) is 25.7. The Balaban J connectivity index is 1.37. The predicted octanol–water partition coefficient (Wildman–Crippen LogP) is 3.25. The molecule has 0 aliphatic carbocycles. The summed E-state index contributed by atoms with van der Waals surface area (Å²) in [5.74, 6) is -0.420. The van der Waals surface area contributed by atoms with Crippen molar-refractivity contribution in [2.75, 3.05) is 26.2 Å². The van der Waals surface area contributed by atoms with E-state index in [1.54, 1.807) is 30.3 Å². The highest BCUT2D eigenvalue weighted by Crippen LogP contribution is 2.25. The molecule has 2 heterocycles. The first-order valence-electron chi connectivity index (χ1n) is 12.0. The maximum atomic E-state index is 13.1. The van der Waals surface area contributed by atoms with Crippen LogP contribution in [0.2, 0.25) is 0 Å². The van der Waals surface area contributed by atoms with E-state index in [-0.39, 0.29) is 48.9 Å². The van der Waals surface area contributed by atoms with Crippen LogP contribution in [0.5, 0.6) is 0 Å². The van der Waals surface area contributed by atoms with E-state index in [2.05, 4.69) is 10.6 Å². The lowest BCUT2D eigenvalue weighted by Gasteiger charge is -2.32. The summed E-state index contributed by atoms with van der Waals surface area (Å²) in [6.45, 7) is 4.76. The Kier molecular flexibility index (Phi) is 8.40. The molecule has 1 aliphatic rings.